The van der Waals surface area contributed by atoms with Crippen LogP contribution in [0.3, 0.4) is 0 Å². The highest BCUT2D eigenvalue weighted by molar-refractivity contribution is 5.29. The largest absolute Gasteiger partial charge is 0.312 e. The highest BCUT2D eigenvalue weighted by Gasteiger charge is 2.17. The lowest BCUT2D eigenvalue weighted by atomic mass is 9.93. The zero-order valence-electron chi connectivity index (χ0n) is 11.9. The molecule has 2 rings (SSSR count). The van der Waals surface area contributed by atoms with Crippen molar-refractivity contribution in [1.82, 2.24) is 10.6 Å². The Morgan fingerprint density at radius 2 is 1.94 bits per heavy atom. The van der Waals surface area contributed by atoms with Crippen molar-refractivity contribution < 1.29 is 0 Å². The second-order valence-corrected chi connectivity index (χ2v) is 6.37. The summed E-state index contributed by atoms with van der Waals surface area (Å²) >= 11 is 0. The third kappa shape index (κ3) is 4.11. The van der Waals surface area contributed by atoms with Crippen LogP contribution in [0.1, 0.15) is 44.7 Å². The average molecular weight is 246 g/mol. The fourth-order valence-corrected chi connectivity index (χ4v) is 2.54. The normalized spacial score (nSPS) is 19.6. The van der Waals surface area contributed by atoms with Crippen molar-refractivity contribution in [2.45, 2.75) is 58.2 Å². The van der Waals surface area contributed by atoms with Crippen LogP contribution >= 0.6 is 0 Å². The van der Waals surface area contributed by atoms with Crippen LogP contribution < -0.4 is 10.6 Å². The van der Waals surface area contributed by atoms with Crippen LogP contribution in [0.25, 0.3) is 0 Å². The maximum atomic E-state index is 3.65. The van der Waals surface area contributed by atoms with Gasteiger partial charge in [0.05, 0.1) is 0 Å². The predicted molar refractivity (Wildman–Crippen MR) is 77.8 cm³/mol. The summed E-state index contributed by atoms with van der Waals surface area (Å²) in [7, 11) is 0. The summed E-state index contributed by atoms with van der Waals surface area (Å²) in [5.41, 5.74) is 3.25. The van der Waals surface area contributed by atoms with E-state index in [-0.39, 0.29) is 5.54 Å². The molecule has 100 valence electrons. The molecule has 0 bridgehead atoms. The van der Waals surface area contributed by atoms with Gasteiger partial charge in [-0.1, -0.05) is 24.3 Å². The molecule has 0 saturated heterocycles. The summed E-state index contributed by atoms with van der Waals surface area (Å²) in [5.74, 6) is 0. The molecule has 1 heterocycles. The predicted octanol–water partition coefficient (Wildman–Crippen LogP) is 2.87. The lowest BCUT2D eigenvalue weighted by Gasteiger charge is -2.27. The minimum Gasteiger partial charge on any atom is -0.312 e. The van der Waals surface area contributed by atoms with Gasteiger partial charge in [-0.3, -0.25) is 0 Å². The van der Waals surface area contributed by atoms with Gasteiger partial charge in [0.1, 0.15) is 0 Å². The van der Waals surface area contributed by atoms with Crippen molar-refractivity contribution in [1.29, 1.82) is 0 Å². The third-order valence-electron chi connectivity index (χ3n) is 3.55. The zero-order chi connectivity index (χ0) is 13.0. The maximum absolute atomic E-state index is 3.65. The lowest BCUT2D eigenvalue weighted by molar-refractivity contribution is 0.390. The maximum Gasteiger partial charge on any atom is 0.0210 e. The highest BCUT2D eigenvalue weighted by Crippen LogP contribution is 2.18. The standard InChI is InChI=1S/C16H26N2/c1-16(2,3)18-10-6-9-15-11-13-7-4-5-8-14(13)12-17-15/h4-5,7-8,15,17-18H,6,9-12H2,1-3H3. The van der Waals surface area contributed by atoms with Crippen LogP contribution in [0, 0.1) is 0 Å². The van der Waals surface area contributed by atoms with Gasteiger partial charge in [0.15, 0.2) is 0 Å². The van der Waals surface area contributed by atoms with E-state index in [1.165, 1.54) is 30.4 Å². The first-order chi connectivity index (χ1) is 8.54. The lowest BCUT2D eigenvalue weighted by Crippen LogP contribution is -2.39. The Bertz CT molecular complexity index is 379. The van der Waals surface area contributed by atoms with Crippen LogP contribution in [0.2, 0.25) is 0 Å². The van der Waals surface area contributed by atoms with Gasteiger partial charge in [0.2, 0.25) is 0 Å². The molecule has 1 aliphatic rings. The fourth-order valence-electron chi connectivity index (χ4n) is 2.54. The molecule has 1 aromatic carbocycles. The molecule has 1 aliphatic heterocycles. The Hall–Kier alpha value is -0.860. The molecule has 0 aliphatic carbocycles. The van der Waals surface area contributed by atoms with Gasteiger partial charge in [-0.2, -0.15) is 0 Å². The average Bonchev–Trinajstić information content (AvgIpc) is 2.33. The molecular formula is C16H26N2. The summed E-state index contributed by atoms with van der Waals surface area (Å²) < 4.78 is 0. The molecule has 2 N–H and O–H groups in total. The van der Waals surface area contributed by atoms with Crippen LogP contribution in [-0.2, 0) is 13.0 Å². The van der Waals surface area contributed by atoms with E-state index in [1.807, 2.05) is 0 Å². The molecule has 2 heteroatoms. The molecule has 0 fully saturated rings. The van der Waals surface area contributed by atoms with E-state index < -0.39 is 0 Å². The van der Waals surface area contributed by atoms with Gasteiger partial charge in [-0.15, -0.1) is 0 Å². The van der Waals surface area contributed by atoms with Crippen LogP contribution in [0.4, 0.5) is 0 Å². The molecule has 18 heavy (non-hydrogen) atoms. The topological polar surface area (TPSA) is 24.1 Å². The zero-order valence-corrected chi connectivity index (χ0v) is 11.9. The molecule has 1 atom stereocenters. The van der Waals surface area contributed by atoms with Gasteiger partial charge < -0.3 is 10.6 Å². The molecule has 0 spiro atoms. The molecule has 1 unspecified atom stereocenters. The van der Waals surface area contributed by atoms with Crippen molar-refractivity contribution in [3.8, 4) is 0 Å². The summed E-state index contributed by atoms with van der Waals surface area (Å²) in [4.78, 5) is 0. The Balaban J connectivity index is 1.73. The van der Waals surface area contributed by atoms with Gasteiger partial charge in [0, 0.05) is 18.1 Å². The molecule has 0 radical (unpaired) electrons. The van der Waals surface area contributed by atoms with E-state index >= 15 is 0 Å². The number of hydrogen-bond donors (Lipinski definition) is 2. The first-order valence-corrected chi connectivity index (χ1v) is 7.10. The summed E-state index contributed by atoms with van der Waals surface area (Å²) in [6.45, 7) is 8.82. The minimum atomic E-state index is 0.243. The quantitative estimate of drug-likeness (QED) is 0.798. The fraction of sp³-hybridized carbons (Fsp3) is 0.625. The Morgan fingerprint density at radius 3 is 2.67 bits per heavy atom. The first kappa shape index (κ1) is 13.6. The number of rotatable bonds is 4. The van der Waals surface area contributed by atoms with Gasteiger partial charge in [0.25, 0.3) is 0 Å². The van der Waals surface area contributed by atoms with Gasteiger partial charge in [-0.05, 0) is 57.7 Å². The van der Waals surface area contributed by atoms with E-state index in [2.05, 4.69) is 55.7 Å². The number of nitrogens with one attached hydrogen (secondary N) is 2. The van der Waals surface area contributed by atoms with Crippen molar-refractivity contribution in [2.75, 3.05) is 6.54 Å². The van der Waals surface area contributed by atoms with Crippen molar-refractivity contribution in [2.24, 2.45) is 0 Å². The molecule has 2 nitrogen and oxygen atoms in total. The summed E-state index contributed by atoms with van der Waals surface area (Å²) in [6.07, 6.45) is 3.69. The molecule has 0 amide bonds. The first-order valence-electron chi connectivity index (χ1n) is 7.10. The Morgan fingerprint density at radius 1 is 1.22 bits per heavy atom. The highest BCUT2D eigenvalue weighted by atomic mass is 14.9. The number of benzene rings is 1. The third-order valence-corrected chi connectivity index (χ3v) is 3.55. The van der Waals surface area contributed by atoms with E-state index in [4.69, 9.17) is 0 Å². The summed E-state index contributed by atoms with van der Waals surface area (Å²) in [6, 6.07) is 9.45. The Labute approximate surface area is 111 Å². The van der Waals surface area contributed by atoms with Crippen LogP contribution in [-0.4, -0.2) is 18.1 Å². The molecule has 0 saturated carbocycles. The second kappa shape index (κ2) is 5.85. The smallest absolute Gasteiger partial charge is 0.0210 e. The van der Waals surface area contributed by atoms with Crippen molar-refractivity contribution in [3.05, 3.63) is 35.4 Å². The monoisotopic (exact) mass is 246 g/mol. The number of fused-ring (bicyclic) bond motifs is 1. The van der Waals surface area contributed by atoms with E-state index in [1.54, 1.807) is 0 Å². The van der Waals surface area contributed by atoms with Crippen LogP contribution in [0.15, 0.2) is 24.3 Å². The van der Waals surface area contributed by atoms with Crippen molar-refractivity contribution >= 4 is 0 Å². The van der Waals surface area contributed by atoms with Crippen LogP contribution in [0.5, 0.6) is 0 Å². The van der Waals surface area contributed by atoms with E-state index in [9.17, 15) is 0 Å². The Kier molecular flexibility index (Phi) is 4.41. The summed E-state index contributed by atoms with van der Waals surface area (Å²) in [5, 5.41) is 7.20. The van der Waals surface area contributed by atoms with E-state index in [0.717, 1.165) is 13.1 Å². The second-order valence-electron chi connectivity index (χ2n) is 6.37. The molecule has 0 aromatic heterocycles. The molecular weight excluding hydrogens is 220 g/mol. The molecule has 1 aromatic rings. The minimum absolute atomic E-state index is 0.243. The number of hydrogen-bond acceptors (Lipinski definition) is 2. The SMILES string of the molecule is CC(C)(C)NCCCC1Cc2ccccc2CN1. The van der Waals surface area contributed by atoms with Crippen molar-refractivity contribution in [3.63, 3.8) is 0 Å². The van der Waals surface area contributed by atoms with E-state index in [0.29, 0.717) is 6.04 Å². The van der Waals surface area contributed by atoms with Gasteiger partial charge in [-0.25, -0.2) is 0 Å². The van der Waals surface area contributed by atoms with Gasteiger partial charge >= 0.3 is 0 Å².